The van der Waals surface area contributed by atoms with Gasteiger partial charge in [0.15, 0.2) is 0 Å². The Hall–Kier alpha value is -1.28. The molecular weight excluding hydrogens is 292 g/mol. The summed E-state index contributed by atoms with van der Waals surface area (Å²) >= 11 is 0. The Balaban J connectivity index is 1.75. The Morgan fingerprint density at radius 3 is 2.75 bits per heavy atom. The second-order valence-corrected chi connectivity index (χ2v) is 8.23. The Labute approximate surface area is 147 Å². The second kappa shape index (κ2) is 6.22. The molecule has 1 saturated carbocycles. The second-order valence-electron chi connectivity index (χ2n) is 8.23. The lowest BCUT2D eigenvalue weighted by Gasteiger charge is -2.41. The summed E-state index contributed by atoms with van der Waals surface area (Å²) in [4.78, 5) is 2.87. The fourth-order valence-electron chi connectivity index (χ4n) is 5.78. The summed E-state index contributed by atoms with van der Waals surface area (Å²) in [6.07, 6.45) is 7.81. The van der Waals surface area contributed by atoms with Crippen molar-refractivity contribution in [2.75, 3.05) is 12.3 Å². The SMILES string of the molecule is CCc1ccc(N)c(C2=C(C)C3CC4CC(CC)N(CC2)C3C4)c1. The van der Waals surface area contributed by atoms with Crippen LogP contribution in [-0.4, -0.2) is 23.5 Å². The van der Waals surface area contributed by atoms with E-state index in [1.165, 1.54) is 43.4 Å². The average Bonchev–Trinajstić information content (AvgIpc) is 2.89. The van der Waals surface area contributed by atoms with E-state index in [2.05, 4.69) is 43.9 Å². The van der Waals surface area contributed by atoms with E-state index in [1.54, 1.807) is 11.1 Å². The van der Waals surface area contributed by atoms with Crippen LogP contribution in [0.5, 0.6) is 0 Å². The van der Waals surface area contributed by atoms with E-state index in [9.17, 15) is 0 Å². The van der Waals surface area contributed by atoms with E-state index < -0.39 is 0 Å². The van der Waals surface area contributed by atoms with Crippen molar-refractivity contribution < 1.29 is 0 Å². The lowest BCUT2D eigenvalue weighted by atomic mass is 9.87. The molecule has 2 bridgehead atoms. The van der Waals surface area contributed by atoms with Crippen LogP contribution < -0.4 is 5.73 Å². The molecule has 0 radical (unpaired) electrons. The number of nitrogens with zero attached hydrogens (tertiary/aromatic N) is 1. The van der Waals surface area contributed by atoms with E-state index in [1.807, 2.05) is 0 Å². The minimum Gasteiger partial charge on any atom is -0.398 e. The molecule has 2 nitrogen and oxygen atoms in total. The molecule has 1 aliphatic carbocycles. The van der Waals surface area contributed by atoms with Crippen LogP contribution in [0.4, 0.5) is 5.69 Å². The Bertz CT molecular complexity index is 660. The summed E-state index contributed by atoms with van der Waals surface area (Å²) in [5.74, 6) is 1.71. The molecule has 0 spiro atoms. The van der Waals surface area contributed by atoms with Gasteiger partial charge in [0.05, 0.1) is 0 Å². The van der Waals surface area contributed by atoms with E-state index in [0.29, 0.717) is 0 Å². The van der Waals surface area contributed by atoms with Crippen LogP contribution in [0.25, 0.3) is 5.57 Å². The molecule has 2 heteroatoms. The predicted molar refractivity (Wildman–Crippen MR) is 103 cm³/mol. The van der Waals surface area contributed by atoms with Gasteiger partial charge >= 0.3 is 0 Å². The lowest BCUT2D eigenvalue weighted by Crippen LogP contribution is -2.47. The summed E-state index contributed by atoms with van der Waals surface area (Å²) in [6.45, 7) is 8.23. The van der Waals surface area contributed by atoms with Crippen LogP contribution in [0.15, 0.2) is 23.8 Å². The number of hydrogen-bond donors (Lipinski definition) is 1. The quantitative estimate of drug-likeness (QED) is 0.802. The first-order valence-electron chi connectivity index (χ1n) is 9.96. The zero-order valence-electron chi connectivity index (χ0n) is 15.5. The van der Waals surface area contributed by atoms with Crippen LogP contribution in [0.2, 0.25) is 0 Å². The van der Waals surface area contributed by atoms with Crippen molar-refractivity contribution in [3.63, 3.8) is 0 Å². The van der Waals surface area contributed by atoms with Crippen molar-refractivity contribution in [2.45, 2.75) is 71.4 Å². The molecule has 2 fully saturated rings. The van der Waals surface area contributed by atoms with Gasteiger partial charge in [-0.1, -0.05) is 25.5 Å². The maximum absolute atomic E-state index is 6.41. The minimum absolute atomic E-state index is 0.758. The largest absolute Gasteiger partial charge is 0.398 e. The van der Waals surface area contributed by atoms with Crippen molar-refractivity contribution in [1.82, 2.24) is 4.90 Å². The molecule has 4 rings (SSSR count). The van der Waals surface area contributed by atoms with Gasteiger partial charge in [-0.3, -0.25) is 4.90 Å². The molecule has 0 amide bonds. The van der Waals surface area contributed by atoms with Gasteiger partial charge in [-0.25, -0.2) is 0 Å². The van der Waals surface area contributed by atoms with Gasteiger partial charge in [-0.05, 0) is 80.6 Å². The summed E-state index contributed by atoms with van der Waals surface area (Å²) < 4.78 is 0. The van der Waals surface area contributed by atoms with Crippen molar-refractivity contribution in [3.05, 3.63) is 34.9 Å². The molecule has 2 aliphatic heterocycles. The van der Waals surface area contributed by atoms with Crippen molar-refractivity contribution >= 4 is 11.3 Å². The van der Waals surface area contributed by atoms with E-state index in [0.717, 1.165) is 42.4 Å². The highest BCUT2D eigenvalue weighted by Gasteiger charge is 2.47. The lowest BCUT2D eigenvalue weighted by molar-refractivity contribution is 0.0798. The molecule has 1 aromatic carbocycles. The van der Waals surface area contributed by atoms with E-state index >= 15 is 0 Å². The number of piperidine rings is 1. The summed E-state index contributed by atoms with van der Waals surface area (Å²) in [6, 6.07) is 8.26. The number of anilines is 1. The minimum atomic E-state index is 0.758. The fourth-order valence-corrected chi connectivity index (χ4v) is 5.78. The standard InChI is InChI=1S/C22H32N2/c1-4-15-6-7-21(23)20(11-15)18-8-9-24-17(5-2)10-16-12-19(14(18)3)22(24)13-16/h6-7,11,16-17,19,22H,4-5,8-10,12-13,23H2,1-3H3. The molecule has 3 aliphatic rings. The van der Waals surface area contributed by atoms with Gasteiger partial charge in [0, 0.05) is 29.9 Å². The van der Waals surface area contributed by atoms with Crippen LogP contribution in [0.3, 0.4) is 0 Å². The Morgan fingerprint density at radius 2 is 2.00 bits per heavy atom. The summed E-state index contributed by atoms with van der Waals surface area (Å²) in [5, 5.41) is 0. The zero-order chi connectivity index (χ0) is 16.8. The Morgan fingerprint density at radius 1 is 1.17 bits per heavy atom. The fraction of sp³-hybridized carbons (Fsp3) is 0.636. The third-order valence-corrected chi connectivity index (χ3v) is 7.10. The van der Waals surface area contributed by atoms with Gasteiger partial charge in [0.25, 0.3) is 0 Å². The third kappa shape index (κ3) is 2.50. The number of aryl methyl sites for hydroxylation is 1. The van der Waals surface area contributed by atoms with E-state index in [4.69, 9.17) is 5.73 Å². The molecule has 4 atom stereocenters. The van der Waals surface area contributed by atoms with Gasteiger partial charge in [0.1, 0.15) is 0 Å². The van der Waals surface area contributed by atoms with Crippen LogP contribution in [-0.2, 0) is 6.42 Å². The summed E-state index contributed by atoms with van der Waals surface area (Å²) in [5.41, 5.74) is 13.3. The molecule has 2 N–H and O–H groups in total. The van der Waals surface area contributed by atoms with Crippen molar-refractivity contribution in [2.24, 2.45) is 11.8 Å². The van der Waals surface area contributed by atoms with Crippen molar-refractivity contribution in [3.8, 4) is 0 Å². The monoisotopic (exact) mass is 324 g/mol. The number of nitrogen functional groups attached to an aromatic ring is 1. The van der Waals surface area contributed by atoms with Gasteiger partial charge in [0.2, 0.25) is 0 Å². The maximum Gasteiger partial charge on any atom is 0.0390 e. The van der Waals surface area contributed by atoms with Gasteiger partial charge in [-0.2, -0.15) is 0 Å². The smallest absolute Gasteiger partial charge is 0.0390 e. The van der Waals surface area contributed by atoms with Crippen LogP contribution in [0, 0.1) is 11.8 Å². The molecular formula is C22H32N2. The molecule has 1 saturated heterocycles. The number of nitrogens with two attached hydrogens (primary N) is 1. The number of hydrogen-bond acceptors (Lipinski definition) is 2. The highest BCUT2D eigenvalue weighted by Crippen LogP contribution is 2.50. The average molecular weight is 325 g/mol. The molecule has 2 heterocycles. The summed E-state index contributed by atoms with van der Waals surface area (Å²) in [7, 11) is 0. The molecule has 130 valence electrons. The number of fused-ring (bicyclic) bond motifs is 1. The van der Waals surface area contributed by atoms with Gasteiger partial charge < -0.3 is 5.73 Å². The highest BCUT2D eigenvalue weighted by atomic mass is 15.2. The molecule has 1 aromatic rings. The number of benzene rings is 1. The first-order valence-corrected chi connectivity index (χ1v) is 9.96. The molecule has 24 heavy (non-hydrogen) atoms. The van der Waals surface area contributed by atoms with E-state index in [-0.39, 0.29) is 0 Å². The zero-order valence-corrected chi connectivity index (χ0v) is 15.5. The van der Waals surface area contributed by atoms with Crippen molar-refractivity contribution in [1.29, 1.82) is 0 Å². The predicted octanol–water partition coefficient (Wildman–Crippen LogP) is 4.89. The van der Waals surface area contributed by atoms with Crippen LogP contribution >= 0.6 is 0 Å². The molecule has 0 aromatic heterocycles. The maximum atomic E-state index is 6.41. The third-order valence-electron chi connectivity index (χ3n) is 7.10. The van der Waals surface area contributed by atoms with Crippen LogP contribution in [0.1, 0.15) is 64.0 Å². The first-order chi connectivity index (χ1) is 11.6. The molecule has 4 unspecified atom stereocenters. The normalized spacial score (nSPS) is 33.0. The Kier molecular flexibility index (Phi) is 4.20. The first kappa shape index (κ1) is 16.2. The topological polar surface area (TPSA) is 29.3 Å². The highest BCUT2D eigenvalue weighted by molar-refractivity contribution is 5.78. The number of rotatable bonds is 3. The van der Waals surface area contributed by atoms with Gasteiger partial charge in [-0.15, -0.1) is 0 Å².